The van der Waals surface area contributed by atoms with Gasteiger partial charge in [0.2, 0.25) is 0 Å². The van der Waals surface area contributed by atoms with Crippen LogP contribution < -0.4 is 14.8 Å². The molecule has 0 saturated heterocycles. The topological polar surface area (TPSA) is 73.6 Å². The van der Waals surface area contributed by atoms with E-state index in [-0.39, 0.29) is 5.91 Å². The third-order valence-corrected chi connectivity index (χ3v) is 3.06. The quantitative estimate of drug-likeness (QED) is 0.886. The van der Waals surface area contributed by atoms with Crippen molar-refractivity contribution in [3.8, 4) is 11.5 Å². The van der Waals surface area contributed by atoms with Crippen LogP contribution in [0.1, 0.15) is 35.7 Å². The number of carbonyl (C=O) groups is 1. The van der Waals surface area contributed by atoms with Gasteiger partial charge in [0.25, 0.3) is 5.91 Å². The van der Waals surface area contributed by atoms with E-state index < -0.39 is 0 Å². The summed E-state index contributed by atoms with van der Waals surface area (Å²) in [4.78, 5) is 12.3. The van der Waals surface area contributed by atoms with Crippen molar-refractivity contribution in [1.82, 2.24) is 5.16 Å². The summed E-state index contributed by atoms with van der Waals surface area (Å²) in [5, 5.41) is 6.60. The van der Waals surface area contributed by atoms with Crippen LogP contribution in [0.2, 0.25) is 0 Å². The van der Waals surface area contributed by atoms with E-state index in [0.717, 1.165) is 0 Å². The molecule has 1 aromatic carbocycles. The van der Waals surface area contributed by atoms with Gasteiger partial charge in [0.1, 0.15) is 11.3 Å². The number of amides is 1. The average molecular weight is 304 g/mol. The Morgan fingerprint density at radius 3 is 2.45 bits per heavy atom. The summed E-state index contributed by atoms with van der Waals surface area (Å²) >= 11 is 0. The third kappa shape index (κ3) is 3.39. The largest absolute Gasteiger partial charge is 0.490 e. The molecule has 0 bridgehead atoms. The molecule has 0 atom stereocenters. The third-order valence-electron chi connectivity index (χ3n) is 3.06. The molecule has 0 saturated carbocycles. The Bertz CT molecular complexity index is 645. The number of hydrogen-bond acceptors (Lipinski definition) is 5. The van der Waals surface area contributed by atoms with E-state index in [2.05, 4.69) is 10.5 Å². The lowest BCUT2D eigenvalue weighted by Gasteiger charge is -2.13. The van der Waals surface area contributed by atoms with Gasteiger partial charge in [-0.05, 0) is 39.8 Å². The SMILES string of the molecule is CCOc1ccc(NC(=O)c2c(C)noc2C)cc1OCC. The molecule has 0 spiro atoms. The van der Waals surface area contributed by atoms with Crippen molar-refractivity contribution in [3.63, 3.8) is 0 Å². The number of rotatable bonds is 6. The summed E-state index contributed by atoms with van der Waals surface area (Å²) in [5.41, 5.74) is 1.63. The predicted molar refractivity (Wildman–Crippen MR) is 82.7 cm³/mol. The van der Waals surface area contributed by atoms with Crippen molar-refractivity contribution in [2.24, 2.45) is 0 Å². The normalized spacial score (nSPS) is 10.4. The number of aromatic nitrogens is 1. The van der Waals surface area contributed by atoms with E-state index in [0.29, 0.717) is 47.4 Å². The monoisotopic (exact) mass is 304 g/mol. The first-order chi connectivity index (χ1) is 10.6. The number of benzene rings is 1. The molecule has 0 aliphatic rings. The Balaban J connectivity index is 2.22. The fourth-order valence-electron chi connectivity index (χ4n) is 2.13. The minimum atomic E-state index is -0.261. The molecule has 1 heterocycles. The molecule has 0 fully saturated rings. The molecule has 1 N–H and O–H groups in total. The Morgan fingerprint density at radius 1 is 1.18 bits per heavy atom. The number of carbonyl (C=O) groups excluding carboxylic acids is 1. The van der Waals surface area contributed by atoms with Crippen molar-refractivity contribution in [2.75, 3.05) is 18.5 Å². The molecular formula is C16H20N2O4. The van der Waals surface area contributed by atoms with Gasteiger partial charge >= 0.3 is 0 Å². The minimum Gasteiger partial charge on any atom is -0.490 e. The summed E-state index contributed by atoms with van der Waals surface area (Å²) in [6, 6.07) is 5.28. The van der Waals surface area contributed by atoms with Gasteiger partial charge in [0.15, 0.2) is 11.5 Å². The number of nitrogens with zero attached hydrogens (tertiary/aromatic N) is 1. The zero-order valence-electron chi connectivity index (χ0n) is 13.2. The first-order valence-electron chi connectivity index (χ1n) is 7.20. The van der Waals surface area contributed by atoms with Gasteiger partial charge < -0.3 is 19.3 Å². The van der Waals surface area contributed by atoms with Crippen molar-refractivity contribution >= 4 is 11.6 Å². The van der Waals surface area contributed by atoms with Gasteiger partial charge in [0.05, 0.1) is 18.9 Å². The van der Waals surface area contributed by atoms with Gasteiger partial charge in [-0.25, -0.2) is 0 Å². The highest BCUT2D eigenvalue weighted by molar-refractivity contribution is 6.05. The average Bonchev–Trinajstić information content (AvgIpc) is 2.81. The molecule has 22 heavy (non-hydrogen) atoms. The molecule has 6 nitrogen and oxygen atoms in total. The highest BCUT2D eigenvalue weighted by Crippen LogP contribution is 2.31. The van der Waals surface area contributed by atoms with Gasteiger partial charge in [-0.15, -0.1) is 0 Å². The first kappa shape index (κ1) is 15.9. The van der Waals surface area contributed by atoms with Crippen LogP contribution in [0.4, 0.5) is 5.69 Å². The number of hydrogen-bond donors (Lipinski definition) is 1. The summed E-state index contributed by atoms with van der Waals surface area (Å²) < 4.78 is 16.1. The maximum absolute atomic E-state index is 12.3. The van der Waals surface area contributed by atoms with Crippen LogP contribution in [0.5, 0.6) is 11.5 Å². The van der Waals surface area contributed by atoms with Crippen LogP contribution in [0.15, 0.2) is 22.7 Å². The maximum atomic E-state index is 12.3. The minimum absolute atomic E-state index is 0.261. The fraction of sp³-hybridized carbons (Fsp3) is 0.375. The Hall–Kier alpha value is -2.50. The Morgan fingerprint density at radius 2 is 1.86 bits per heavy atom. The number of aryl methyl sites for hydroxylation is 2. The highest BCUT2D eigenvalue weighted by Gasteiger charge is 2.18. The number of ether oxygens (including phenoxy) is 2. The fourth-order valence-corrected chi connectivity index (χ4v) is 2.13. The molecule has 6 heteroatoms. The zero-order chi connectivity index (χ0) is 16.1. The van der Waals surface area contributed by atoms with Crippen LogP contribution in [0.3, 0.4) is 0 Å². The maximum Gasteiger partial charge on any atom is 0.261 e. The second-order valence-corrected chi connectivity index (χ2v) is 4.68. The zero-order valence-corrected chi connectivity index (χ0v) is 13.2. The van der Waals surface area contributed by atoms with Crippen LogP contribution in [-0.4, -0.2) is 24.3 Å². The lowest BCUT2D eigenvalue weighted by atomic mass is 10.2. The first-order valence-corrected chi connectivity index (χ1v) is 7.20. The van der Waals surface area contributed by atoms with E-state index in [1.54, 1.807) is 32.0 Å². The molecule has 0 aliphatic carbocycles. The van der Waals surface area contributed by atoms with Gasteiger partial charge in [-0.3, -0.25) is 4.79 Å². The second kappa shape index (κ2) is 6.98. The molecule has 2 rings (SSSR count). The molecule has 1 aromatic heterocycles. The lowest BCUT2D eigenvalue weighted by Crippen LogP contribution is -2.13. The van der Waals surface area contributed by atoms with E-state index in [4.69, 9.17) is 14.0 Å². The van der Waals surface area contributed by atoms with Crippen LogP contribution in [0.25, 0.3) is 0 Å². The van der Waals surface area contributed by atoms with Gasteiger partial charge in [-0.2, -0.15) is 0 Å². The standard InChI is InChI=1S/C16H20N2O4/c1-5-20-13-8-7-12(9-14(13)21-6-2)17-16(19)15-10(3)18-22-11(15)4/h7-9H,5-6H2,1-4H3,(H,17,19). The Labute approximate surface area is 129 Å². The molecule has 1 amide bonds. The molecule has 0 aliphatic heterocycles. The smallest absolute Gasteiger partial charge is 0.261 e. The van der Waals surface area contributed by atoms with Crippen LogP contribution in [-0.2, 0) is 0 Å². The van der Waals surface area contributed by atoms with Crippen molar-refractivity contribution < 1.29 is 18.8 Å². The van der Waals surface area contributed by atoms with Crippen molar-refractivity contribution in [3.05, 3.63) is 35.2 Å². The van der Waals surface area contributed by atoms with Gasteiger partial charge in [-0.1, -0.05) is 5.16 Å². The van der Waals surface area contributed by atoms with E-state index >= 15 is 0 Å². The summed E-state index contributed by atoms with van der Waals surface area (Å²) in [7, 11) is 0. The summed E-state index contributed by atoms with van der Waals surface area (Å²) in [6.45, 7) is 8.30. The van der Waals surface area contributed by atoms with E-state index in [1.807, 2.05) is 13.8 Å². The molecule has 2 aromatic rings. The highest BCUT2D eigenvalue weighted by atomic mass is 16.5. The lowest BCUT2D eigenvalue weighted by molar-refractivity contribution is 0.102. The Kier molecular flexibility index (Phi) is 5.04. The van der Waals surface area contributed by atoms with E-state index in [1.165, 1.54) is 0 Å². The van der Waals surface area contributed by atoms with E-state index in [9.17, 15) is 4.79 Å². The number of nitrogens with one attached hydrogen (secondary N) is 1. The molecular weight excluding hydrogens is 284 g/mol. The van der Waals surface area contributed by atoms with Crippen LogP contribution in [0, 0.1) is 13.8 Å². The molecule has 118 valence electrons. The second-order valence-electron chi connectivity index (χ2n) is 4.68. The van der Waals surface area contributed by atoms with Crippen molar-refractivity contribution in [2.45, 2.75) is 27.7 Å². The van der Waals surface area contributed by atoms with Crippen molar-refractivity contribution in [1.29, 1.82) is 0 Å². The van der Waals surface area contributed by atoms with Crippen LogP contribution >= 0.6 is 0 Å². The summed E-state index contributed by atoms with van der Waals surface area (Å²) in [6.07, 6.45) is 0. The molecule has 0 radical (unpaired) electrons. The summed E-state index contributed by atoms with van der Waals surface area (Å²) in [5.74, 6) is 1.48. The predicted octanol–water partition coefficient (Wildman–Crippen LogP) is 3.34. The number of anilines is 1. The van der Waals surface area contributed by atoms with Gasteiger partial charge in [0, 0.05) is 11.8 Å². The molecule has 0 unspecified atom stereocenters.